The molecule has 14 heavy (non-hydrogen) atoms. The van der Waals surface area contributed by atoms with Crippen LogP contribution in [0.15, 0.2) is 6.07 Å². The van der Waals surface area contributed by atoms with Gasteiger partial charge in [0.15, 0.2) is 0 Å². The number of thiophene rings is 1. The van der Waals surface area contributed by atoms with Gasteiger partial charge in [-0.1, -0.05) is 11.6 Å². The van der Waals surface area contributed by atoms with Crippen molar-refractivity contribution in [1.82, 2.24) is 0 Å². The molecule has 5 heteroatoms. The highest BCUT2D eigenvalue weighted by molar-refractivity contribution is 7.16. The van der Waals surface area contributed by atoms with Crippen molar-refractivity contribution in [3.8, 4) is 6.07 Å². The zero-order valence-electron chi connectivity index (χ0n) is 7.03. The number of carboxylic acids is 1. The average Bonchev–Trinajstić information content (AvgIpc) is 2.84. The third kappa shape index (κ3) is 1.49. The summed E-state index contributed by atoms with van der Waals surface area (Å²) in [4.78, 5) is 11.5. The van der Waals surface area contributed by atoms with Crippen LogP contribution in [0.3, 0.4) is 0 Å². The van der Waals surface area contributed by atoms with Gasteiger partial charge in [0.05, 0.1) is 15.8 Å². The fourth-order valence-electron chi connectivity index (χ4n) is 1.49. The van der Waals surface area contributed by atoms with Crippen molar-refractivity contribution in [3.63, 3.8) is 0 Å². The maximum Gasteiger partial charge on any atom is 0.307 e. The van der Waals surface area contributed by atoms with Crippen molar-refractivity contribution in [2.24, 2.45) is 5.92 Å². The van der Waals surface area contributed by atoms with Crippen molar-refractivity contribution in [2.75, 3.05) is 0 Å². The molecule has 0 saturated heterocycles. The van der Waals surface area contributed by atoms with Gasteiger partial charge in [0, 0.05) is 10.8 Å². The molecule has 0 aliphatic heterocycles. The second-order valence-electron chi connectivity index (χ2n) is 3.23. The molecule has 1 N–H and O–H groups in total. The van der Waals surface area contributed by atoms with Gasteiger partial charge in [-0.25, -0.2) is 0 Å². The number of carbonyl (C=O) groups is 1. The number of rotatable bonds is 2. The van der Waals surface area contributed by atoms with E-state index in [9.17, 15) is 4.79 Å². The maximum atomic E-state index is 10.6. The quantitative estimate of drug-likeness (QED) is 0.844. The molecular weight excluding hydrogens is 222 g/mol. The number of halogens is 1. The number of nitriles is 1. The van der Waals surface area contributed by atoms with Gasteiger partial charge in [-0.2, -0.15) is 5.26 Å². The molecule has 1 heterocycles. The molecule has 72 valence electrons. The lowest BCUT2D eigenvalue weighted by Crippen LogP contribution is -1.98. The van der Waals surface area contributed by atoms with E-state index in [0.717, 1.165) is 4.88 Å². The smallest absolute Gasteiger partial charge is 0.307 e. The van der Waals surface area contributed by atoms with Crippen LogP contribution in [0.1, 0.15) is 22.8 Å². The minimum absolute atomic E-state index is 0.000324. The molecule has 3 nitrogen and oxygen atoms in total. The first-order valence-corrected chi connectivity index (χ1v) is 5.25. The highest BCUT2D eigenvalue weighted by Gasteiger charge is 2.46. The molecule has 1 saturated carbocycles. The molecule has 2 atom stereocenters. The van der Waals surface area contributed by atoms with Gasteiger partial charge in [0.25, 0.3) is 0 Å². The van der Waals surface area contributed by atoms with E-state index in [1.807, 2.05) is 6.07 Å². The maximum absolute atomic E-state index is 10.6. The van der Waals surface area contributed by atoms with Crippen LogP contribution < -0.4 is 0 Å². The van der Waals surface area contributed by atoms with Crippen LogP contribution in [0.2, 0.25) is 4.34 Å². The molecule has 1 fully saturated rings. The van der Waals surface area contributed by atoms with Crippen molar-refractivity contribution in [1.29, 1.82) is 5.26 Å². The normalized spacial score (nSPS) is 24.3. The van der Waals surface area contributed by atoms with E-state index < -0.39 is 5.97 Å². The second kappa shape index (κ2) is 3.26. The Morgan fingerprint density at radius 2 is 2.50 bits per heavy atom. The van der Waals surface area contributed by atoms with Gasteiger partial charge < -0.3 is 5.11 Å². The Hall–Kier alpha value is -1.05. The number of hydrogen-bond acceptors (Lipinski definition) is 3. The monoisotopic (exact) mass is 227 g/mol. The Morgan fingerprint density at radius 1 is 1.79 bits per heavy atom. The highest BCUT2D eigenvalue weighted by atomic mass is 35.5. The number of aliphatic carboxylic acids is 1. The summed E-state index contributed by atoms with van der Waals surface area (Å²) in [5.74, 6) is -1.11. The van der Waals surface area contributed by atoms with Crippen LogP contribution in [0.25, 0.3) is 0 Å². The Morgan fingerprint density at radius 3 is 3.00 bits per heavy atom. The lowest BCUT2D eigenvalue weighted by molar-refractivity contribution is -0.138. The first-order chi connectivity index (χ1) is 6.63. The topological polar surface area (TPSA) is 61.1 Å². The van der Waals surface area contributed by atoms with E-state index >= 15 is 0 Å². The van der Waals surface area contributed by atoms with E-state index in [4.69, 9.17) is 22.0 Å². The van der Waals surface area contributed by atoms with E-state index in [1.54, 1.807) is 6.07 Å². The summed E-state index contributed by atoms with van der Waals surface area (Å²) < 4.78 is 0.549. The summed E-state index contributed by atoms with van der Waals surface area (Å²) in [7, 11) is 0. The van der Waals surface area contributed by atoms with Crippen LogP contribution in [0.4, 0.5) is 0 Å². The van der Waals surface area contributed by atoms with Gasteiger partial charge in [-0.3, -0.25) is 4.79 Å². The van der Waals surface area contributed by atoms with E-state index in [2.05, 4.69) is 0 Å². The van der Waals surface area contributed by atoms with Crippen molar-refractivity contribution in [3.05, 3.63) is 20.8 Å². The summed E-state index contributed by atoms with van der Waals surface area (Å²) in [5.41, 5.74) is 0.522. The molecule has 0 unspecified atom stereocenters. The predicted molar refractivity (Wildman–Crippen MR) is 52.5 cm³/mol. The van der Waals surface area contributed by atoms with Gasteiger partial charge in [0.2, 0.25) is 0 Å². The van der Waals surface area contributed by atoms with E-state index in [1.165, 1.54) is 11.3 Å². The molecule has 2 rings (SSSR count). The standard InChI is InChI=1S/C9H6ClNO2S/c10-7-1-4(3-11)8(14-7)5-2-6(5)9(12)13/h1,5-6H,2H2,(H,12,13)/t5-,6-/m0/s1. The van der Waals surface area contributed by atoms with Crippen LogP contribution in [-0.4, -0.2) is 11.1 Å². The minimum Gasteiger partial charge on any atom is -0.481 e. The van der Waals surface area contributed by atoms with Crippen LogP contribution in [0, 0.1) is 17.2 Å². The van der Waals surface area contributed by atoms with Crippen molar-refractivity contribution >= 4 is 28.9 Å². The summed E-state index contributed by atoms with van der Waals surface area (Å²) in [6, 6.07) is 3.63. The summed E-state index contributed by atoms with van der Waals surface area (Å²) in [5, 5.41) is 17.5. The van der Waals surface area contributed by atoms with Gasteiger partial charge in [-0.05, 0) is 12.5 Å². The molecule has 0 amide bonds. The molecule has 0 radical (unpaired) electrons. The highest BCUT2D eigenvalue weighted by Crippen LogP contribution is 2.51. The lowest BCUT2D eigenvalue weighted by Gasteiger charge is -1.92. The summed E-state index contributed by atoms with van der Waals surface area (Å²) in [6.07, 6.45) is 0.626. The molecule has 1 aliphatic rings. The molecule has 1 aromatic rings. The second-order valence-corrected chi connectivity index (χ2v) is 4.94. The summed E-state index contributed by atoms with van der Waals surface area (Å²) >= 11 is 7.07. The summed E-state index contributed by atoms with van der Waals surface area (Å²) in [6.45, 7) is 0. The first kappa shape index (κ1) is 9.50. The Kier molecular flexibility index (Phi) is 2.22. The predicted octanol–water partition coefficient (Wildman–Crippen LogP) is 2.46. The van der Waals surface area contributed by atoms with Crippen LogP contribution in [-0.2, 0) is 4.79 Å². The number of carboxylic acid groups (broad SMARTS) is 1. The minimum atomic E-state index is -0.789. The molecule has 0 aromatic carbocycles. The fraction of sp³-hybridized carbons (Fsp3) is 0.333. The SMILES string of the molecule is N#Cc1cc(Cl)sc1[C@H]1C[C@@H]1C(=O)O. The zero-order valence-corrected chi connectivity index (χ0v) is 8.60. The Labute approximate surface area is 89.5 Å². The number of nitrogens with zero attached hydrogens (tertiary/aromatic N) is 1. The Balaban J connectivity index is 2.27. The van der Waals surface area contributed by atoms with Gasteiger partial charge in [-0.15, -0.1) is 11.3 Å². The zero-order chi connectivity index (χ0) is 10.3. The van der Waals surface area contributed by atoms with Crippen LogP contribution >= 0.6 is 22.9 Å². The van der Waals surface area contributed by atoms with E-state index in [-0.39, 0.29) is 11.8 Å². The molecular formula is C9H6ClNO2S. The van der Waals surface area contributed by atoms with Gasteiger partial charge >= 0.3 is 5.97 Å². The van der Waals surface area contributed by atoms with Gasteiger partial charge in [0.1, 0.15) is 6.07 Å². The molecule has 0 spiro atoms. The molecule has 1 aliphatic carbocycles. The Bertz CT molecular complexity index is 435. The first-order valence-electron chi connectivity index (χ1n) is 4.05. The number of hydrogen-bond donors (Lipinski definition) is 1. The fourth-order valence-corrected chi connectivity index (χ4v) is 2.87. The third-order valence-electron chi connectivity index (χ3n) is 2.30. The average molecular weight is 228 g/mol. The van der Waals surface area contributed by atoms with E-state index in [0.29, 0.717) is 16.3 Å². The van der Waals surface area contributed by atoms with Crippen molar-refractivity contribution in [2.45, 2.75) is 12.3 Å². The largest absolute Gasteiger partial charge is 0.481 e. The lowest BCUT2D eigenvalue weighted by atomic mass is 10.2. The third-order valence-corrected chi connectivity index (χ3v) is 3.69. The molecule has 1 aromatic heterocycles. The van der Waals surface area contributed by atoms with Crippen molar-refractivity contribution < 1.29 is 9.90 Å². The molecule has 0 bridgehead atoms. The van der Waals surface area contributed by atoms with Crippen LogP contribution in [0.5, 0.6) is 0 Å².